The summed E-state index contributed by atoms with van der Waals surface area (Å²) in [5.74, 6) is 0.0232. The molecule has 0 aromatic heterocycles. The Morgan fingerprint density at radius 3 is 2.54 bits per heavy atom. The van der Waals surface area contributed by atoms with Crippen molar-refractivity contribution < 1.29 is 14.6 Å². The van der Waals surface area contributed by atoms with Crippen LogP contribution in [-0.4, -0.2) is 54.2 Å². The second-order valence-electron chi connectivity index (χ2n) is 6.77. The Morgan fingerprint density at radius 2 is 1.85 bits per heavy atom. The third-order valence-electron chi connectivity index (χ3n) is 5.11. The number of benzene rings is 2. The van der Waals surface area contributed by atoms with Crippen molar-refractivity contribution >= 4 is 5.97 Å². The van der Waals surface area contributed by atoms with Crippen LogP contribution in [0.4, 0.5) is 0 Å². The van der Waals surface area contributed by atoms with Gasteiger partial charge < -0.3 is 9.84 Å². The number of piperazine rings is 1. The van der Waals surface area contributed by atoms with Gasteiger partial charge in [0.25, 0.3) is 0 Å². The number of methoxy groups -OCH3 is 1. The van der Waals surface area contributed by atoms with E-state index < -0.39 is 5.97 Å². The fourth-order valence-corrected chi connectivity index (χ4v) is 3.48. The average molecular weight is 354 g/mol. The van der Waals surface area contributed by atoms with Gasteiger partial charge in [0.1, 0.15) is 5.75 Å². The van der Waals surface area contributed by atoms with Gasteiger partial charge in [0.05, 0.1) is 12.7 Å². The molecule has 0 spiro atoms. The van der Waals surface area contributed by atoms with E-state index in [-0.39, 0.29) is 0 Å². The number of rotatable bonds is 6. The number of aromatic carboxylic acids is 1. The SMILES string of the molecule is COc1cccc(C(C)N2CCN(Cc3cccc(C(=O)O)c3)CC2)c1. The minimum atomic E-state index is -0.871. The largest absolute Gasteiger partial charge is 0.497 e. The van der Waals surface area contributed by atoms with Crippen molar-refractivity contribution in [2.24, 2.45) is 0 Å². The quantitative estimate of drug-likeness (QED) is 0.863. The van der Waals surface area contributed by atoms with Crippen molar-refractivity contribution in [3.63, 3.8) is 0 Å². The molecular formula is C21H26N2O3. The van der Waals surface area contributed by atoms with E-state index in [1.54, 1.807) is 19.2 Å². The lowest BCUT2D eigenvalue weighted by Gasteiger charge is -2.38. The zero-order chi connectivity index (χ0) is 18.5. The molecule has 1 aliphatic heterocycles. The number of hydrogen-bond donors (Lipinski definition) is 1. The Bertz CT molecular complexity index is 754. The molecule has 1 aliphatic rings. The van der Waals surface area contributed by atoms with E-state index in [0.717, 1.165) is 44.0 Å². The molecule has 0 aliphatic carbocycles. The van der Waals surface area contributed by atoms with Gasteiger partial charge in [-0.3, -0.25) is 9.80 Å². The molecule has 0 saturated carbocycles. The van der Waals surface area contributed by atoms with Crippen LogP contribution < -0.4 is 4.74 Å². The van der Waals surface area contributed by atoms with Crippen LogP contribution in [0.3, 0.4) is 0 Å². The summed E-state index contributed by atoms with van der Waals surface area (Å²) in [6.45, 7) is 6.98. The monoisotopic (exact) mass is 354 g/mol. The summed E-state index contributed by atoms with van der Waals surface area (Å²) in [5, 5.41) is 9.13. The molecule has 1 atom stereocenters. The minimum absolute atomic E-state index is 0.350. The maximum atomic E-state index is 11.1. The lowest BCUT2D eigenvalue weighted by Crippen LogP contribution is -2.46. The molecule has 5 heteroatoms. The first-order valence-electron chi connectivity index (χ1n) is 8.99. The second-order valence-corrected chi connectivity index (χ2v) is 6.77. The molecule has 1 saturated heterocycles. The first-order valence-corrected chi connectivity index (χ1v) is 8.99. The molecule has 26 heavy (non-hydrogen) atoms. The summed E-state index contributed by atoms with van der Waals surface area (Å²) < 4.78 is 5.33. The fraction of sp³-hybridized carbons (Fsp3) is 0.381. The predicted octanol–water partition coefficient (Wildman–Crippen LogP) is 3.27. The van der Waals surface area contributed by atoms with Crippen molar-refractivity contribution in [1.29, 1.82) is 0 Å². The fourth-order valence-electron chi connectivity index (χ4n) is 3.48. The topological polar surface area (TPSA) is 53.0 Å². The van der Waals surface area contributed by atoms with Crippen LogP contribution >= 0.6 is 0 Å². The molecule has 1 N–H and O–H groups in total. The minimum Gasteiger partial charge on any atom is -0.497 e. The number of carboxylic acid groups (broad SMARTS) is 1. The molecule has 0 amide bonds. The summed E-state index contributed by atoms with van der Waals surface area (Å²) >= 11 is 0. The molecule has 138 valence electrons. The van der Waals surface area contributed by atoms with E-state index in [0.29, 0.717) is 11.6 Å². The second kappa shape index (κ2) is 8.34. The number of ether oxygens (including phenoxy) is 1. The number of hydrogen-bond acceptors (Lipinski definition) is 4. The van der Waals surface area contributed by atoms with Gasteiger partial charge in [-0.25, -0.2) is 4.79 Å². The standard InChI is InChI=1S/C21H26N2O3/c1-16(18-6-4-8-20(14-18)26-2)23-11-9-22(10-12-23)15-17-5-3-7-19(13-17)21(24)25/h3-8,13-14,16H,9-12,15H2,1-2H3,(H,24,25). The lowest BCUT2D eigenvalue weighted by molar-refractivity contribution is 0.0696. The summed E-state index contributed by atoms with van der Waals surface area (Å²) in [6, 6.07) is 15.8. The van der Waals surface area contributed by atoms with E-state index in [9.17, 15) is 4.79 Å². The van der Waals surface area contributed by atoms with Crippen LogP contribution in [0, 0.1) is 0 Å². The van der Waals surface area contributed by atoms with Crippen molar-refractivity contribution in [1.82, 2.24) is 9.80 Å². The maximum Gasteiger partial charge on any atom is 0.335 e. The van der Waals surface area contributed by atoms with E-state index in [2.05, 4.69) is 28.9 Å². The van der Waals surface area contributed by atoms with Crippen LogP contribution in [0.5, 0.6) is 5.75 Å². The highest BCUT2D eigenvalue weighted by molar-refractivity contribution is 5.87. The number of nitrogens with zero attached hydrogens (tertiary/aromatic N) is 2. The number of carbonyl (C=O) groups is 1. The molecule has 5 nitrogen and oxygen atoms in total. The normalized spacial score (nSPS) is 17.0. The predicted molar refractivity (Wildman–Crippen MR) is 102 cm³/mol. The molecule has 3 rings (SSSR count). The highest BCUT2D eigenvalue weighted by atomic mass is 16.5. The van der Waals surface area contributed by atoms with Crippen LogP contribution in [0.15, 0.2) is 48.5 Å². The molecule has 0 bridgehead atoms. The van der Waals surface area contributed by atoms with Crippen molar-refractivity contribution in [2.45, 2.75) is 19.5 Å². The molecule has 2 aromatic rings. The summed E-state index contributed by atoms with van der Waals surface area (Å²) in [7, 11) is 1.70. The van der Waals surface area contributed by atoms with Gasteiger partial charge in [0.2, 0.25) is 0 Å². The Hall–Kier alpha value is -2.37. The zero-order valence-corrected chi connectivity index (χ0v) is 15.4. The van der Waals surface area contributed by atoms with E-state index >= 15 is 0 Å². The van der Waals surface area contributed by atoms with Crippen LogP contribution in [0.25, 0.3) is 0 Å². The highest BCUT2D eigenvalue weighted by Gasteiger charge is 2.22. The molecule has 0 radical (unpaired) electrons. The van der Waals surface area contributed by atoms with Gasteiger partial charge in [-0.15, -0.1) is 0 Å². The van der Waals surface area contributed by atoms with Gasteiger partial charge in [-0.1, -0.05) is 24.3 Å². The summed E-state index contributed by atoms with van der Waals surface area (Å²) in [5.41, 5.74) is 2.68. The van der Waals surface area contributed by atoms with Gasteiger partial charge in [-0.2, -0.15) is 0 Å². The van der Waals surface area contributed by atoms with Crippen molar-refractivity contribution in [3.05, 3.63) is 65.2 Å². The third-order valence-corrected chi connectivity index (χ3v) is 5.11. The van der Waals surface area contributed by atoms with Gasteiger partial charge in [-0.05, 0) is 42.3 Å². The molecular weight excluding hydrogens is 328 g/mol. The lowest BCUT2D eigenvalue weighted by atomic mass is 10.1. The summed E-state index contributed by atoms with van der Waals surface area (Å²) in [6.07, 6.45) is 0. The number of carboxylic acids is 1. The Morgan fingerprint density at radius 1 is 1.12 bits per heavy atom. The van der Waals surface area contributed by atoms with E-state index in [1.165, 1.54) is 5.56 Å². The van der Waals surface area contributed by atoms with E-state index in [1.807, 2.05) is 24.3 Å². The average Bonchev–Trinajstić information content (AvgIpc) is 2.68. The Balaban J connectivity index is 1.57. The smallest absolute Gasteiger partial charge is 0.335 e. The van der Waals surface area contributed by atoms with E-state index in [4.69, 9.17) is 9.84 Å². The molecule has 1 heterocycles. The summed E-state index contributed by atoms with van der Waals surface area (Å²) in [4.78, 5) is 16.0. The van der Waals surface area contributed by atoms with Crippen LogP contribution in [-0.2, 0) is 6.54 Å². The van der Waals surface area contributed by atoms with Crippen LogP contribution in [0.2, 0.25) is 0 Å². The van der Waals surface area contributed by atoms with Gasteiger partial charge in [0, 0.05) is 38.8 Å². The first kappa shape index (κ1) is 18.4. The van der Waals surface area contributed by atoms with Crippen molar-refractivity contribution in [3.8, 4) is 5.75 Å². The van der Waals surface area contributed by atoms with Crippen LogP contribution in [0.1, 0.15) is 34.5 Å². The highest BCUT2D eigenvalue weighted by Crippen LogP contribution is 2.25. The zero-order valence-electron chi connectivity index (χ0n) is 15.4. The van der Waals surface area contributed by atoms with Gasteiger partial charge in [0.15, 0.2) is 0 Å². The molecule has 2 aromatic carbocycles. The Labute approximate surface area is 154 Å². The maximum absolute atomic E-state index is 11.1. The molecule has 1 fully saturated rings. The Kier molecular flexibility index (Phi) is 5.91. The van der Waals surface area contributed by atoms with Gasteiger partial charge >= 0.3 is 5.97 Å². The first-order chi connectivity index (χ1) is 12.6. The molecule has 1 unspecified atom stereocenters. The van der Waals surface area contributed by atoms with Crippen molar-refractivity contribution in [2.75, 3.05) is 33.3 Å². The third kappa shape index (κ3) is 4.42.